The van der Waals surface area contributed by atoms with Crippen LogP contribution in [0.1, 0.15) is 76.9 Å². The Morgan fingerprint density at radius 2 is 2.00 bits per heavy atom. The molecule has 29 heavy (non-hydrogen) atoms. The third-order valence-corrected chi connectivity index (χ3v) is 7.99. The number of halogens is 1. The molecule has 3 aliphatic rings. The van der Waals surface area contributed by atoms with E-state index in [1.807, 2.05) is 12.1 Å². The second-order valence-corrected chi connectivity index (χ2v) is 10.6. The molecule has 0 unspecified atom stereocenters. The Morgan fingerprint density at radius 1 is 1.24 bits per heavy atom. The van der Waals surface area contributed by atoms with Gasteiger partial charge >= 0.3 is 0 Å². The molecule has 2 aliphatic carbocycles. The molecule has 5 atom stereocenters. The van der Waals surface area contributed by atoms with Crippen LogP contribution >= 0.6 is 15.9 Å². The van der Waals surface area contributed by atoms with Gasteiger partial charge in [-0.2, -0.15) is 0 Å². The molecule has 1 saturated heterocycles. The summed E-state index contributed by atoms with van der Waals surface area (Å²) < 4.78 is 13.4. The molecule has 160 valence electrons. The lowest BCUT2D eigenvalue weighted by atomic mass is 9.66. The minimum atomic E-state index is -0.249. The van der Waals surface area contributed by atoms with E-state index in [9.17, 15) is 4.79 Å². The summed E-state index contributed by atoms with van der Waals surface area (Å²) in [7, 11) is 1.71. The van der Waals surface area contributed by atoms with Gasteiger partial charge < -0.3 is 14.8 Å². The minimum absolute atomic E-state index is 0.0807. The third-order valence-electron chi connectivity index (χ3n) is 7.49. The van der Waals surface area contributed by atoms with Crippen molar-refractivity contribution in [3.05, 3.63) is 28.2 Å². The number of carbonyl (C=O) groups excluding carboxylic acids is 1. The fourth-order valence-electron chi connectivity index (χ4n) is 5.86. The van der Waals surface area contributed by atoms with Crippen molar-refractivity contribution in [2.24, 2.45) is 17.8 Å². The van der Waals surface area contributed by atoms with Crippen molar-refractivity contribution in [3.63, 3.8) is 0 Å². The second-order valence-electron chi connectivity index (χ2n) is 9.67. The fraction of sp³-hybridized carbons (Fsp3) is 0.708. The average Bonchev–Trinajstić information content (AvgIpc) is 3.22. The fourth-order valence-corrected chi connectivity index (χ4v) is 6.24. The van der Waals surface area contributed by atoms with Crippen LogP contribution in [0.15, 0.2) is 22.7 Å². The second kappa shape index (κ2) is 8.58. The predicted octanol–water partition coefficient (Wildman–Crippen LogP) is 5.79. The number of amides is 1. The van der Waals surface area contributed by atoms with Gasteiger partial charge in [0.2, 0.25) is 5.91 Å². The summed E-state index contributed by atoms with van der Waals surface area (Å²) in [4.78, 5) is 13.1. The first kappa shape index (κ1) is 21.2. The predicted molar refractivity (Wildman–Crippen MR) is 118 cm³/mol. The summed E-state index contributed by atoms with van der Waals surface area (Å²) in [5.74, 6) is 2.33. The highest BCUT2D eigenvalue weighted by Crippen LogP contribution is 2.49. The summed E-state index contributed by atoms with van der Waals surface area (Å²) >= 11 is 3.60. The number of benzene rings is 1. The van der Waals surface area contributed by atoms with E-state index in [2.05, 4.69) is 41.2 Å². The number of nitrogens with one attached hydrogen (secondary N) is 1. The topological polar surface area (TPSA) is 47.6 Å². The molecule has 2 saturated carbocycles. The van der Waals surface area contributed by atoms with E-state index in [-0.39, 0.29) is 29.6 Å². The molecule has 1 aromatic carbocycles. The van der Waals surface area contributed by atoms with Gasteiger partial charge in [-0.3, -0.25) is 4.79 Å². The molecule has 3 fully saturated rings. The highest BCUT2D eigenvalue weighted by atomic mass is 79.9. The van der Waals surface area contributed by atoms with Crippen LogP contribution < -0.4 is 10.1 Å². The molecule has 1 amide bonds. The van der Waals surface area contributed by atoms with Crippen LogP contribution in [-0.4, -0.2) is 24.7 Å². The average molecular weight is 464 g/mol. The van der Waals surface area contributed by atoms with E-state index in [0.29, 0.717) is 11.8 Å². The summed E-state index contributed by atoms with van der Waals surface area (Å²) in [6.45, 7) is 4.57. The van der Waals surface area contributed by atoms with Crippen LogP contribution in [-0.2, 0) is 9.53 Å². The SMILES string of the molecule is COc1ccc(Br)cc1[C@@H]1C[C@](C)(NC(=O)C2CCCC2)[C@H]2CC[C@H](C)C[C@@H]2O1. The van der Waals surface area contributed by atoms with Gasteiger partial charge in [-0.05, 0) is 56.7 Å². The van der Waals surface area contributed by atoms with Crippen LogP contribution in [0.2, 0.25) is 0 Å². The molecule has 0 radical (unpaired) electrons. The molecule has 1 N–H and O–H groups in total. The molecule has 1 aliphatic heterocycles. The number of hydrogen-bond donors (Lipinski definition) is 1. The van der Waals surface area contributed by atoms with Gasteiger partial charge in [0.05, 0.1) is 19.3 Å². The zero-order valence-electron chi connectivity index (χ0n) is 17.9. The van der Waals surface area contributed by atoms with E-state index >= 15 is 0 Å². The standard InChI is InChI=1S/C24H34BrNO3/c1-15-8-10-19-21(12-15)29-22(18-13-17(25)9-11-20(18)28-3)14-24(19,2)26-23(27)16-6-4-5-7-16/h9,11,13,15-16,19,21-22H,4-8,10,12,14H2,1-3H3,(H,26,27)/t15-,19-,21-,22-,24-/m0/s1. The van der Waals surface area contributed by atoms with E-state index in [1.165, 1.54) is 19.3 Å². The van der Waals surface area contributed by atoms with Gasteiger partial charge in [-0.25, -0.2) is 0 Å². The molecule has 5 heteroatoms. The molecule has 4 nitrogen and oxygen atoms in total. The van der Waals surface area contributed by atoms with Crippen molar-refractivity contribution in [1.82, 2.24) is 5.32 Å². The molecular formula is C24H34BrNO3. The van der Waals surface area contributed by atoms with Crippen LogP contribution in [0.25, 0.3) is 0 Å². The molecule has 1 aromatic rings. The smallest absolute Gasteiger partial charge is 0.223 e. The lowest BCUT2D eigenvalue weighted by Crippen LogP contribution is -2.61. The molecular weight excluding hydrogens is 430 g/mol. The maximum absolute atomic E-state index is 13.1. The number of ether oxygens (including phenoxy) is 2. The number of methoxy groups -OCH3 is 1. The quantitative estimate of drug-likeness (QED) is 0.614. The van der Waals surface area contributed by atoms with E-state index < -0.39 is 0 Å². The Morgan fingerprint density at radius 3 is 2.72 bits per heavy atom. The monoisotopic (exact) mass is 463 g/mol. The molecule has 4 rings (SSSR count). The molecule has 1 heterocycles. The molecule has 0 bridgehead atoms. The highest BCUT2D eigenvalue weighted by Gasteiger charge is 2.50. The Hall–Kier alpha value is -1.07. The van der Waals surface area contributed by atoms with Crippen LogP contribution in [0.5, 0.6) is 5.75 Å². The lowest BCUT2D eigenvalue weighted by molar-refractivity contribution is -0.155. The van der Waals surface area contributed by atoms with Crippen molar-refractivity contribution >= 4 is 21.8 Å². The first-order valence-corrected chi connectivity index (χ1v) is 12.0. The van der Waals surface area contributed by atoms with Crippen molar-refractivity contribution in [2.75, 3.05) is 7.11 Å². The number of fused-ring (bicyclic) bond motifs is 1. The normalized spacial score (nSPS) is 35.2. The zero-order chi connectivity index (χ0) is 20.6. The van der Waals surface area contributed by atoms with Crippen LogP contribution in [0.4, 0.5) is 0 Å². The first-order valence-electron chi connectivity index (χ1n) is 11.2. The maximum Gasteiger partial charge on any atom is 0.223 e. The zero-order valence-corrected chi connectivity index (χ0v) is 19.5. The van der Waals surface area contributed by atoms with E-state index in [4.69, 9.17) is 9.47 Å². The lowest BCUT2D eigenvalue weighted by Gasteiger charge is -2.52. The third kappa shape index (κ3) is 4.36. The van der Waals surface area contributed by atoms with Crippen molar-refractivity contribution in [3.8, 4) is 5.75 Å². The first-order chi connectivity index (χ1) is 13.9. The van der Waals surface area contributed by atoms with Crippen molar-refractivity contribution < 1.29 is 14.3 Å². The summed E-state index contributed by atoms with van der Waals surface area (Å²) in [6, 6.07) is 6.10. The Bertz CT molecular complexity index is 748. The molecule has 0 spiro atoms. The summed E-state index contributed by atoms with van der Waals surface area (Å²) in [5.41, 5.74) is 0.820. The van der Waals surface area contributed by atoms with E-state index in [0.717, 1.165) is 47.9 Å². The van der Waals surface area contributed by atoms with Gasteiger partial charge in [-0.15, -0.1) is 0 Å². The maximum atomic E-state index is 13.1. The van der Waals surface area contributed by atoms with Crippen LogP contribution in [0, 0.1) is 17.8 Å². The molecule has 0 aromatic heterocycles. The summed E-state index contributed by atoms with van der Waals surface area (Å²) in [6.07, 6.45) is 8.70. The Kier molecular flexibility index (Phi) is 6.27. The van der Waals surface area contributed by atoms with Gasteiger partial charge in [-0.1, -0.05) is 42.1 Å². The van der Waals surface area contributed by atoms with E-state index in [1.54, 1.807) is 7.11 Å². The largest absolute Gasteiger partial charge is 0.496 e. The van der Waals surface area contributed by atoms with Crippen molar-refractivity contribution in [1.29, 1.82) is 0 Å². The van der Waals surface area contributed by atoms with Gasteiger partial charge in [0.1, 0.15) is 5.75 Å². The van der Waals surface area contributed by atoms with Crippen molar-refractivity contribution in [2.45, 2.75) is 83.0 Å². The Balaban J connectivity index is 1.63. The van der Waals surface area contributed by atoms with Gasteiger partial charge in [0.15, 0.2) is 0 Å². The number of rotatable bonds is 4. The van der Waals surface area contributed by atoms with Gasteiger partial charge in [0, 0.05) is 33.8 Å². The summed E-state index contributed by atoms with van der Waals surface area (Å²) in [5, 5.41) is 3.53. The number of hydrogen-bond acceptors (Lipinski definition) is 3. The number of carbonyl (C=O) groups is 1. The van der Waals surface area contributed by atoms with Gasteiger partial charge in [0.25, 0.3) is 0 Å². The van der Waals surface area contributed by atoms with Crippen LogP contribution in [0.3, 0.4) is 0 Å². The minimum Gasteiger partial charge on any atom is -0.496 e. The Labute approximate surface area is 183 Å². The highest BCUT2D eigenvalue weighted by molar-refractivity contribution is 9.10.